The SMILES string of the molecule is C=S1(=O)CCN(C(C)C)CC1.CC.CC.CC.CC.CC.CC.CC.CC.CC.CC(C)(C)N1CCCCC1.CC(C)N(C)c1ccccc1.CC(C)N1CCC1.CC(C)N1CCCC1.CC(C)N1CCCN1C.CC(C)N1CCCS(=O)(=O)C1.CC(C)N1CCN(C)CC1.CC(C)N1CCS(=O)(=O)C1. The summed E-state index contributed by atoms with van der Waals surface area (Å²) in [7, 11) is -0.693. The van der Waals surface area contributed by atoms with Crippen LogP contribution in [0, 0.1) is 0 Å². The highest BCUT2D eigenvalue weighted by Crippen LogP contribution is 2.20. The fourth-order valence-corrected chi connectivity index (χ4v) is 15.6. The molecular weight excluding hydrogens is 1360 g/mol. The molecule has 1 aromatic rings. The minimum absolute atomic E-state index is 0.255. The van der Waals surface area contributed by atoms with Crippen LogP contribution in [0.15, 0.2) is 30.3 Å². The zero-order valence-corrected chi connectivity index (χ0v) is 81.1. The van der Waals surface area contributed by atoms with Crippen molar-refractivity contribution >= 4 is 40.8 Å². The van der Waals surface area contributed by atoms with Gasteiger partial charge in [-0.3, -0.25) is 28.7 Å². The van der Waals surface area contributed by atoms with Gasteiger partial charge in [-0.2, -0.15) is 0 Å². The number of nitrogens with zero attached hydrogens (tertiary/aromatic N) is 11. The van der Waals surface area contributed by atoms with Gasteiger partial charge in [-0.15, -0.1) is 0 Å². The van der Waals surface area contributed by atoms with Gasteiger partial charge >= 0.3 is 0 Å². The van der Waals surface area contributed by atoms with Gasteiger partial charge in [0.15, 0.2) is 19.7 Å². The fourth-order valence-electron chi connectivity index (χ4n) is 11.0. The van der Waals surface area contributed by atoms with E-state index in [0.29, 0.717) is 53.8 Å². The largest absolute Gasteiger partial charge is 0.372 e. The van der Waals surface area contributed by atoms with Crippen LogP contribution in [0.3, 0.4) is 0 Å². The molecule has 8 heterocycles. The van der Waals surface area contributed by atoms with E-state index in [0.717, 1.165) is 55.7 Å². The van der Waals surface area contributed by atoms with E-state index in [1.807, 2.05) is 168 Å². The van der Waals surface area contributed by atoms with Crippen LogP contribution in [0.1, 0.15) is 308 Å². The molecule has 0 spiro atoms. The molecule has 9 rings (SSSR count). The number of hydrazine groups is 1. The molecular formula is C86H195N11O5S3. The molecule has 1 aromatic carbocycles. The van der Waals surface area contributed by atoms with Gasteiger partial charge in [0.2, 0.25) is 0 Å². The number of hydrogen-bond acceptors (Lipinski definition) is 16. The fraction of sp³-hybridized carbons (Fsp3) is 0.919. The predicted molar refractivity (Wildman–Crippen MR) is 485 cm³/mol. The van der Waals surface area contributed by atoms with E-state index in [4.69, 9.17) is 0 Å². The highest BCUT2D eigenvalue weighted by atomic mass is 32.2. The number of piperazine rings is 1. The standard InChI is InChI=1S/C10H15N.C9H19N.C8H18N2.C8H17NOS.C7H16N2.C7H15NO2S.C7H15N.C6H13NO2S.C6H13N.9C2H6/c1-9(2)11(3)10-7-5-4-6-8-10;1-9(2,3)10-7-5-4-6-8-10;1-8(2)10-6-4-9(3)5-7-10;1-8(2)9-4-6-11(3,10)7-5-9;1-7(2)9-6-4-5-8(9)3;1-7(2)8-4-3-5-11(9,10)6-8;1-7(2)8-5-3-4-6-8;1-6(2)7-3-4-10(8,9)5-7;1-6(2)7-4-3-5-7;9*1-2/h4-9H,1-3H3;4-8H2,1-3H3;8H,4-7H2,1-3H3;8H,3-7H2,1-2H3;7H,4-6H2,1-3H3;7H,3-6H2,1-2H3;7H,3-6H2,1-2H3;6H,3-5H2,1-2H3;6H,3-5H2,1-2H3;9*1-2H3. The van der Waals surface area contributed by atoms with Crippen LogP contribution >= 0.6 is 0 Å². The molecule has 642 valence electrons. The molecule has 0 aromatic heterocycles. The van der Waals surface area contributed by atoms with Crippen LogP contribution in [-0.2, 0) is 29.2 Å². The lowest BCUT2D eigenvalue weighted by atomic mass is 10.0. The Hall–Kier alpha value is -1.46. The quantitative estimate of drug-likeness (QED) is 0.218. The van der Waals surface area contributed by atoms with Crippen molar-refractivity contribution in [1.29, 1.82) is 0 Å². The third-order valence-corrected chi connectivity index (χ3v) is 22.9. The van der Waals surface area contributed by atoms with Crippen LogP contribution in [0.5, 0.6) is 0 Å². The molecule has 16 nitrogen and oxygen atoms in total. The molecule has 0 radical (unpaired) electrons. The van der Waals surface area contributed by atoms with E-state index in [2.05, 4.69) is 199 Å². The number of likely N-dealkylation sites (tertiary alicyclic amines) is 3. The van der Waals surface area contributed by atoms with E-state index < -0.39 is 29.2 Å². The Kier molecular flexibility index (Phi) is 88.8. The Morgan fingerprint density at radius 2 is 0.648 bits per heavy atom. The molecule has 8 saturated heterocycles. The molecule has 19 heteroatoms. The van der Waals surface area contributed by atoms with Gasteiger partial charge in [0.25, 0.3) is 0 Å². The third-order valence-electron chi connectivity index (χ3n) is 17.9. The summed E-state index contributed by atoms with van der Waals surface area (Å²) in [4.78, 5) is 21.1. The van der Waals surface area contributed by atoms with Crippen molar-refractivity contribution in [1.82, 2.24) is 49.2 Å². The molecule has 0 aliphatic carbocycles. The molecule has 0 saturated carbocycles. The van der Waals surface area contributed by atoms with E-state index in [1.165, 1.54) is 129 Å². The van der Waals surface area contributed by atoms with Crippen LogP contribution < -0.4 is 4.90 Å². The highest BCUT2D eigenvalue weighted by Gasteiger charge is 2.28. The van der Waals surface area contributed by atoms with Crippen LogP contribution in [0.25, 0.3) is 0 Å². The predicted octanol–water partition coefficient (Wildman–Crippen LogP) is 19.2. The summed E-state index contributed by atoms with van der Waals surface area (Å²) >= 11 is 0. The Bertz CT molecular complexity index is 2210. The minimum atomic E-state index is -2.75. The number of rotatable bonds is 9. The molecule has 8 aliphatic heterocycles. The lowest BCUT2D eigenvalue weighted by molar-refractivity contribution is 0.0242. The molecule has 0 unspecified atom stereocenters. The van der Waals surface area contributed by atoms with E-state index in [1.54, 1.807) is 0 Å². The van der Waals surface area contributed by atoms with Crippen LogP contribution in [0.4, 0.5) is 5.69 Å². The Labute approximate surface area is 664 Å². The Morgan fingerprint density at radius 3 is 0.895 bits per heavy atom. The summed E-state index contributed by atoms with van der Waals surface area (Å²) < 4.78 is 55.5. The maximum Gasteiger partial charge on any atom is 0.164 e. The van der Waals surface area contributed by atoms with Crippen molar-refractivity contribution in [2.75, 3.05) is 166 Å². The summed E-state index contributed by atoms with van der Waals surface area (Å²) in [5.41, 5.74) is 1.68. The number of benzene rings is 1. The van der Waals surface area contributed by atoms with Gasteiger partial charge in [0.05, 0.1) is 11.5 Å². The second kappa shape index (κ2) is 76.5. The van der Waals surface area contributed by atoms with Crippen molar-refractivity contribution in [2.24, 2.45) is 0 Å². The van der Waals surface area contributed by atoms with Gasteiger partial charge in [-0.1, -0.05) is 149 Å². The van der Waals surface area contributed by atoms with E-state index >= 15 is 0 Å². The Morgan fingerprint density at radius 1 is 0.343 bits per heavy atom. The van der Waals surface area contributed by atoms with Gasteiger partial charge in [-0.25, -0.2) is 26.9 Å². The summed E-state index contributed by atoms with van der Waals surface area (Å²) in [6, 6.07) is 15.3. The summed E-state index contributed by atoms with van der Waals surface area (Å²) in [5, 5.41) is 4.71. The summed E-state index contributed by atoms with van der Waals surface area (Å²) in [6.07, 6.45) is 10.6. The molecule has 0 atom stereocenters. The van der Waals surface area contributed by atoms with Crippen molar-refractivity contribution in [2.45, 2.75) is 361 Å². The first-order valence-electron chi connectivity index (χ1n) is 43.2. The first kappa shape index (κ1) is 122. The maximum atomic E-state index is 11.4. The normalized spacial score (nSPS) is 19.2. The molecule has 8 aliphatic rings. The minimum Gasteiger partial charge on any atom is -0.372 e. The first-order chi connectivity index (χ1) is 49.4. The number of likely N-dealkylation sites (N-methyl/N-ethyl adjacent to an activating group) is 1. The number of hydrogen-bond donors (Lipinski definition) is 0. The molecule has 0 N–H and O–H groups in total. The smallest absolute Gasteiger partial charge is 0.164 e. The van der Waals surface area contributed by atoms with Crippen molar-refractivity contribution in [3.8, 4) is 0 Å². The maximum absolute atomic E-state index is 11.4. The van der Waals surface area contributed by atoms with E-state index in [-0.39, 0.29) is 11.8 Å². The van der Waals surface area contributed by atoms with Gasteiger partial charge in [0, 0.05) is 151 Å². The molecule has 8 fully saturated rings. The zero-order valence-electron chi connectivity index (χ0n) is 78.6. The second-order valence-electron chi connectivity index (χ2n) is 28.8. The molecule has 105 heavy (non-hydrogen) atoms. The van der Waals surface area contributed by atoms with E-state index in [9.17, 15) is 21.0 Å². The molecule has 0 bridgehead atoms. The lowest BCUT2D eigenvalue weighted by Gasteiger charge is -2.38. The monoisotopic (exact) mass is 1560 g/mol. The zero-order chi connectivity index (χ0) is 84.3. The van der Waals surface area contributed by atoms with Gasteiger partial charge in [0.1, 0.15) is 11.8 Å². The van der Waals surface area contributed by atoms with Crippen LogP contribution in [-0.4, -0.2) is 291 Å². The van der Waals surface area contributed by atoms with Crippen molar-refractivity contribution in [3.63, 3.8) is 0 Å². The first-order valence-corrected chi connectivity index (χ1v) is 49.0. The number of sulfone groups is 2. The van der Waals surface area contributed by atoms with Gasteiger partial charge in [-0.05, 0) is 250 Å². The summed E-state index contributed by atoms with van der Waals surface area (Å²) in [6.45, 7) is 96.7. The summed E-state index contributed by atoms with van der Waals surface area (Å²) in [5.74, 6) is 6.51. The average Bonchev–Trinajstić information content (AvgIpc) is 1.64. The lowest BCUT2D eigenvalue weighted by Crippen LogP contribution is -2.47. The average molecular weight is 1560 g/mol. The number of piperidine rings is 1. The van der Waals surface area contributed by atoms with Crippen molar-refractivity contribution in [3.05, 3.63) is 30.3 Å². The second-order valence-corrected chi connectivity index (χ2v) is 35.9. The number of anilines is 1. The van der Waals surface area contributed by atoms with Crippen molar-refractivity contribution < 1.29 is 21.0 Å². The van der Waals surface area contributed by atoms with Crippen LogP contribution in [0.2, 0.25) is 0 Å². The topological polar surface area (TPSA) is 121 Å². The Balaban J connectivity index is -0.000000137. The third kappa shape index (κ3) is 66.8. The van der Waals surface area contributed by atoms with Gasteiger partial charge < -0.3 is 19.6 Å². The number of para-hydroxylation sites is 1. The molecule has 0 amide bonds. The highest BCUT2D eigenvalue weighted by molar-refractivity contribution is 8.00.